The topological polar surface area (TPSA) is 72.9 Å². The number of hydrogen-bond donors (Lipinski definition) is 0. The van der Waals surface area contributed by atoms with E-state index >= 15 is 0 Å². The molecule has 0 saturated carbocycles. The van der Waals surface area contributed by atoms with Gasteiger partial charge in [0.25, 0.3) is 5.91 Å². The van der Waals surface area contributed by atoms with Crippen molar-refractivity contribution in [3.05, 3.63) is 65.1 Å². The van der Waals surface area contributed by atoms with Gasteiger partial charge in [-0.3, -0.25) is 4.79 Å². The van der Waals surface area contributed by atoms with Crippen molar-refractivity contribution in [2.24, 2.45) is 0 Å². The van der Waals surface area contributed by atoms with Gasteiger partial charge in [-0.1, -0.05) is 26.0 Å². The zero-order valence-electron chi connectivity index (χ0n) is 18.4. The van der Waals surface area contributed by atoms with E-state index in [0.29, 0.717) is 41.9 Å². The summed E-state index contributed by atoms with van der Waals surface area (Å²) >= 11 is 0. The Kier molecular flexibility index (Phi) is 7.05. The molecule has 0 N–H and O–H groups in total. The first kappa shape index (κ1) is 22.9. The van der Waals surface area contributed by atoms with Crippen LogP contribution < -0.4 is 14.4 Å². The lowest BCUT2D eigenvalue weighted by atomic mass is 10.0. The van der Waals surface area contributed by atoms with Crippen molar-refractivity contribution in [1.29, 1.82) is 0 Å². The summed E-state index contributed by atoms with van der Waals surface area (Å²) in [4.78, 5) is 15.1. The zero-order chi connectivity index (χ0) is 22.6. The highest BCUT2D eigenvalue weighted by molar-refractivity contribution is 7.94. The number of carbonyl (C=O) groups excluding carboxylic acids is 1. The van der Waals surface area contributed by atoms with Gasteiger partial charge in [0, 0.05) is 16.7 Å². The van der Waals surface area contributed by atoms with E-state index in [1.54, 1.807) is 24.3 Å². The fourth-order valence-electron chi connectivity index (χ4n) is 3.52. The first-order valence-corrected chi connectivity index (χ1v) is 12.2. The van der Waals surface area contributed by atoms with Gasteiger partial charge in [0.15, 0.2) is 21.3 Å². The Morgan fingerprint density at radius 1 is 1.03 bits per heavy atom. The van der Waals surface area contributed by atoms with Crippen molar-refractivity contribution >= 4 is 21.4 Å². The molecular weight excluding hydrogens is 414 g/mol. The second kappa shape index (κ2) is 9.56. The highest BCUT2D eigenvalue weighted by Crippen LogP contribution is 2.31. The van der Waals surface area contributed by atoms with E-state index < -0.39 is 15.9 Å². The van der Waals surface area contributed by atoms with Crippen LogP contribution in [0.3, 0.4) is 0 Å². The van der Waals surface area contributed by atoms with Crippen LogP contribution in [0.4, 0.5) is 5.69 Å². The molecule has 3 rings (SSSR count). The van der Waals surface area contributed by atoms with Crippen LogP contribution in [0.1, 0.15) is 49.5 Å². The predicted octanol–water partition coefficient (Wildman–Crippen LogP) is 4.56. The molecule has 1 aliphatic rings. The van der Waals surface area contributed by atoms with Crippen LogP contribution in [-0.4, -0.2) is 39.3 Å². The monoisotopic (exact) mass is 443 g/mol. The summed E-state index contributed by atoms with van der Waals surface area (Å²) in [7, 11) is -3.34. The number of sulfone groups is 1. The molecule has 0 aliphatic carbocycles. The highest BCUT2D eigenvalue weighted by atomic mass is 32.2. The maximum atomic E-state index is 13.6. The Morgan fingerprint density at radius 3 is 2.23 bits per heavy atom. The van der Waals surface area contributed by atoms with Crippen LogP contribution in [-0.2, 0) is 9.84 Å². The SMILES string of the molecule is CCOc1ccc(C(=O)N(c2ccc(C(C)C)cc2)C2C=CS(=O)(=O)C2)cc1OCC. The van der Waals surface area contributed by atoms with Crippen LogP contribution in [0, 0.1) is 0 Å². The van der Waals surface area contributed by atoms with Gasteiger partial charge in [0.05, 0.1) is 25.0 Å². The summed E-state index contributed by atoms with van der Waals surface area (Å²) in [5.41, 5.74) is 2.19. The number of hydrogen-bond acceptors (Lipinski definition) is 5. The number of anilines is 1. The third-order valence-electron chi connectivity index (χ3n) is 5.09. The minimum Gasteiger partial charge on any atom is -0.490 e. The third kappa shape index (κ3) is 5.28. The van der Waals surface area contributed by atoms with Crippen molar-refractivity contribution in [1.82, 2.24) is 0 Å². The molecule has 6 nitrogen and oxygen atoms in total. The first-order chi connectivity index (χ1) is 14.8. The zero-order valence-corrected chi connectivity index (χ0v) is 19.2. The van der Waals surface area contributed by atoms with Crippen molar-refractivity contribution in [2.45, 2.75) is 39.7 Å². The summed E-state index contributed by atoms with van der Waals surface area (Å²) in [6.45, 7) is 8.85. The summed E-state index contributed by atoms with van der Waals surface area (Å²) in [6, 6.07) is 12.1. The summed E-state index contributed by atoms with van der Waals surface area (Å²) in [6.07, 6.45) is 1.57. The smallest absolute Gasteiger partial charge is 0.258 e. The fraction of sp³-hybridized carbons (Fsp3) is 0.375. The van der Waals surface area contributed by atoms with Crippen LogP contribution >= 0.6 is 0 Å². The predicted molar refractivity (Wildman–Crippen MR) is 123 cm³/mol. The van der Waals surface area contributed by atoms with E-state index in [-0.39, 0.29) is 11.7 Å². The standard InChI is InChI=1S/C24H29NO5S/c1-5-29-22-12-9-19(15-23(22)30-6-2)24(26)25(21-13-14-31(27,28)16-21)20-10-7-18(8-11-20)17(3)4/h7-15,17,21H,5-6,16H2,1-4H3. The van der Waals surface area contributed by atoms with Gasteiger partial charge in [-0.15, -0.1) is 0 Å². The van der Waals surface area contributed by atoms with Crippen molar-refractivity contribution < 1.29 is 22.7 Å². The molecule has 1 unspecified atom stereocenters. The third-order valence-corrected chi connectivity index (χ3v) is 6.47. The Balaban J connectivity index is 2.02. The van der Waals surface area contributed by atoms with E-state index in [9.17, 15) is 13.2 Å². The molecule has 0 radical (unpaired) electrons. The number of amides is 1. The van der Waals surface area contributed by atoms with Crippen molar-refractivity contribution in [3.8, 4) is 11.5 Å². The molecule has 0 fully saturated rings. The largest absolute Gasteiger partial charge is 0.490 e. The highest BCUT2D eigenvalue weighted by Gasteiger charge is 2.32. The van der Waals surface area contributed by atoms with Gasteiger partial charge in [0.2, 0.25) is 0 Å². The molecule has 1 atom stereocenters. The van der Waals surface area contributed by atoms with E-state index in [1.165, 1.54) is 10.3 Å². The molecule has 0 spiro atoms. The Hall–Kier alpha value is -2.80. The summed E-state index contributed by atoms with van der Waals surface area (Å²) < 4.78 is 35.4. The number of ether oxygens (including phenoxy) is 2. The molecule has 1 amide bonds. The number of nitrogens with zero attached hydrogens (tertiary/aromatic N) is 1. The minimum absolute atomic E-state index is 0.139. The van der Waals surface area contributed by atoms with Crippen molar-refractivity contribution in [3.63, 3.8) is 0 Å². The van der Waals surface area contributed by atoms with Gasteiger partial charge < -0.3 is 14.4 Å². The van der Waals surface area contributed by atoms with Gasteiger partial charge in [-0.25, -0.2) is 8.42 Å². The molecule has 166 valence electrons. The lowest BCUT2D eigenvalue weighted by Crippen LogP contribution is -2.41. The fourth-order valence-corrected chi connectivity index (χ4v) is 4.79. The second-order valence-corrected chi connectivity index (χ2v) is 9.61. The van der Waals surface area contributed by atoms with Crippen LogP contribution in [0.2, 0.25) is 0 Å². The van der Waals surface area contributed by atoms with E-state index in [0.717, 1.165) is 5.56 Å². The molecule has 0 bridgehead atoms. The van der Waals surface area contributed by atoms with Crippen LogP contribution in [0.15, 0.2) is 53.9 Å². The Labute approximate surface area is 184 Å². The normalized spacial score (nSPS) is 17.0. The maximum absolute atomic E-state index is 13.6. The molecule has 2 aromatic carbocycles. The minimum atomic E-state index is -3.34. The van der Waals surface area contributed by atoms with Crippen molar-refractivity contribution in [2.75, 3.05) is 23.9 Å². The quantitative estimate of drug-likeness (QED) is 0.598. The second-order valence-electron chi connectivity index (χ2n) is 7.67. The van der Waals surface area contributed by atoms with Crippen LogP contribution in [0.25, 0.3) is 0 Å². The molecule has 1 heterocycles. The molecule has 2 aromatic rings. The number of benzene rings is 2. The average molecular weight is 444 g/mol. The average Bonchev–Trinajstić information content (AvgIpc) is 3.09. The molecular formula is C24H29NO5S. The number of carbonyl (C=O) groups is 1. The van der Waals surface area contributed by atoms with Gasteiger partial charge >= 0.3 is 0 Å². The Bertz CT molecular complexity index is 1060. The van der Waals surface area contributed by atoms with Gasteiger partial charge in [-0.2, -0.15) is 0 Å². The molecule has 1 aliphatic heterocycles. The van der Waals surface area contributed by atoms with E-state index in [2.05, 4.69) is 13.8 Å². The van der Waals surface area contributed by atoms with Crippen LogP contribution in [0.5, 0.6) is 11.5 Å². The molecule has 0 saturated heterocycles. The molecule has 31 heavy (non-hydrogen) atoms. The van der Waals surface area contributed by atoms with Gasteiger partial charge in [0.1, 0.15) is 0 Å². The lowest BCUT2D eigenvalue weighted by molar-refractivity contribution is 0.0982. The maximum Gasteiger partial charge on any atom is 0.258 e. The first-order valence-electron chi connectivity index (χ1n) is 10.5. The lowest BCUT2D eigenvalue weighted by Gasteiger charge is -2.28. The van der Waals surface area contributed by atoms with Gasteiger partial charge in [-0.05, 0) is 61.7 Å². The summed E-state index contributed by atoms with van der Waals surface area (Å²) in [5.74, 6) is 0.967. The Morgan fingerprint density at radius 2 is 1.68 bits per heavy atom. The van der Waals surface area contributed by atoms with E-state index in [4.69, 9.17) is 9.47 Å². The summed E-state index contributed by atoms with van der Waals surface area (Å²) in [5, 5.41) is 1.18. The number of rotatable bonds is 8. The molecule has 7 heteroatoms. The van der Waals surface area contributed by atoms with E-state index in [1.807, 2.05) is 38.1 Å². The molecule has 0 aromatic heterocycles.